The predicted molar refractivity (Wildman–Crippen MR) is 62.8 cm³/mol. The van der Waals surface area contributed by atoms with Crippen molar-refractivity contribution in [3.63, 3.8) is 0 Å². The standard InChI is InChI=1S/C13H16O4/c1-16-12(8-5-9-14)10-17-13(15)11-6-3-2-4-7-11/h2-4,6-7,9,12H,5,8,10H2,1H3/t12-/m0/s1. The maximum Gasteiger partial charge on any atom is 0.338 e. The molecule has 17 heavy (non-hydrogen) atoms. The highest BCUT2D eigenvalue weighted by Gasteiger charge is 2.11. The van der Waals surface area contributed by atoms with E-state index in [0.29, 0.717) is 18.4 Å². The van der Waals surface area contributed by atoms with E-state index < -0.39 is 0 Å². The van der Waals surface area contributed by atoms with E-state index in [1.165, 1.54) is 7.11 Å². The van der Waals surface area contributed by atoms with Gasteiger partial charge >= 0.3 is 5.97 Å². The Morgan fingerprint density at radius 2 is 2.06 bits per heavy atom. The van der Waals surface area contributed by atoms with Gasteiger partial charge in [-0.25, -0.2) is 4.79 Å². The molecule has 0 aliphatic carbocycles. The van der Waals surface area contributed by atoms with Crippen molar-refractivity contribution < 1.29 is 19.1 Å². The number of hydrogen-bond acceptors (Lipinski definition) is 4. The van der Waals surface area contributed by atoms with Crippen LogP contribution in [0.4, 0.5) is 0 Å². The van der Waals surface area contributed by atoms with Crippen LogP contribution in [-0.4, -0.2) is 32.1 Å². The number of carbonyl (C=O) groups is 2. The molecule has 4 heteroatoms. The minimum absolute atomic E-state index is 0.165. The van der Waals surface area contributed by atoms with Crippen molar-refractivity contribution in [3.05, 3.63) is 35.9 Å². The fourth-order valence-electron chi connectivity index (χ4n) is 1.35. The van der Waals surface area contributed by atoms with Crippen molar-refractivity contribution in [3.8, 4) is 0 Å². The van der Waals surface area contributed by atoms with Gasteiger partial charge in [0.25, 0.3) is 0 Å². The molecule has 1 aromatic carbocycles. The lowest BCUT2D eigenvalue weighted by Gasteiger charge is -2.14. The lowest BCUT2D eigenvalue weighted by Crippen LogP contribution is -2.21. The number of hydrogen-bond donors (Lipinski definition) is 0. The van der Waals surface area contributed by atoms with E-state index in [1.54, 1.807) is 24.3 Å². The largest absolute Gasteiger partial charge is 0.459 e. The van der Waals surface area contributed by atoms with Gasteiger partial charge in [-0.05, 0) is 18.6 Å². The molecule has 0 fully saturated rings. The summed E-state index contributed by atoms with van der Waals surface area (Å²) >= 11 is 0. The normalized spacial score (nSPS) is 11.8. The third-order valence-electron chi connectivity index (χ3n) is 2.35. The molecular formula is C13H16O4. The molecule has 0 saturated carbocycles. The van der Waals surface area contributed by atoms with Crippen LogP contribution >= 0.6 is 0 Å². The number of esters is 1. The van der Waals surface area contributed by atoms with Gasteiger partial charge in [-0.15, -0.1) is 0 Å². The molecule has 0 N–H and O–H groups in total. The van der Waals surface area contributed by atoms with Crippen LogP contribution in [-0.2, 0) is 14.3 Å². The van der Waals surface area contributed by atoms with Crippen molar-refractivity contribution >= 4 is 12.3 Å². The SMILES string of the molecule is CO[C@@H](CCC=O)COC(=O)c1ccccc1. The molecule has 0 radical (unpaired) electrons. The van der Waals surface area contributed by atoms with Gasteiger partial charge in [0.1, 0.15) is 12.9 Å². The summed E-state index contributed by atoms with van der Waals surface area (Å²) in [4.78, 5) is 21.8. The fraction of sp³-hybridized carbons (Fsp3) is 0.385. The Balaban J connectivity index is 2.39. The second kappa shape index (κ2) is 7.57. The number of methoxy groups -OCH3 is 1. The molecule has 0 heterocycles. The Kier molecular flexibility index (Phi) is 5.96. The van der Waals surface area contributed by atoms with E-state index in [2.05, 4.69) is 0 Å². The Morgan fingerprint density at radius 1 is 1.35 bits per heavy atom. The van der Waals surface area contributed by atoms with Crippen molar-refractivity contribution in [1.82, 2.24) is 0 Å². The zero-order valence-electron chi connectivity index (χ0n) is 9.80. The summed E-state index contributed by atoms with van der Waals surface area (Å²) in [6.45, 7) is 0.165. The smallest absolute Gasteiger partial charge is 0.338 e. The van der Waals surface area contributed by atoms with Crippen molar-refractivity contribution in [2.24, 2.45) is 0 Å². The molecule has 0 saturated heterocycles. The van der Waals surface area contributed by atoms with Crippen LogP contribution in [0, 0.1) is 0 Å². The summed E-state index contributed by atoms with van der Waals surface area (Å²) in [7, 11) is 1.53. The molecule has 0 unspecified atom stereocenters. The molecule has 0 aliphatic rings. The molecule has 1 aromatic rings. The van der Waals surface area contributed by atoms with Gasteiger partial charge in [0.05, 0.1) is 11.7 Å². The molecule has 0 bridgehead atoms. The zero-order valence-corrected chi connectivity index (χ0v) is 9.80. The van der Waals surface area contributed by atoms with Crippen LogP contribution in [0.15, 0.2) is 30.3 Å². The highest BCUT2D eigenvalue weighted by atomic mass is 16.6. The average molecular weight is 236 g/mol. The Morgan fingerprint density at radius 3 is 2.65 bits per heavy atom. The van der Waals surface area contributed by atoms with E-state index in [-0.39, 0.29) is 18.7 Å². The Hall–Kier alpha value is -1.68. The number of rotatable bonds is 7. The molecule has 0 spiro atoms. The molecular weight excluding hydrogens is 220 g/mol. The molecule has 0 aliphatic heterocycles. The Labute approximate surface area is 101 Å². The fourth-order valence-corrected chi connectivity index (χ4v) is 1.35. The van der Waals surface area contributed by atoms with Gasteiger partial charge in [-0.1, -0.05) is 18.2 Å². The van der Waals surface area contributed by atoms with Crippen molar-refractivity contribution in [1.29, 1.82) is 0 Å². The van der Waals surface area contributed by atoms with E-state index in [0.717, 1.165) is 6.29 Å². The summed E-state index contributed by atoms with van der Waals surface area (Å²) in [5, 5.41) is 0. The first kappa shape index (κ1) is 13.4. The van der Waals surface area contributed by atoms with Gasteiger partial charge in [-0.3, -0.25) is 0 Å². The number of carbonyl (C=O) groups excluding carboxylic acids is 2. The van der Waals surface area contributed by atoms with Crippen LogP contribution < -0.4 is 0 Å². The summed E-state index contributed by atoms with van der Waals surface area (Å²) < 4.78 is 10.2. The molecule has 4 nitrogen and oxygen atoms in total. The van der Waals surface area contributed by atoms with Crippen LogP contribution in [0.5, 0.6) is 0 Å². The second-order valence-corrected chi connectivity index (χ2v) is 3.57. The van der Waals surface area contributed by atoms with E-state index in [1.807, 2.05) is 6.07 Å². The van der Waals surface area contributed by atoms with Crippen LogP contribution in [0.2, 0.25) is 0 Å². The first-order chi connectivity index (χ1) is 8.27. The quantitative estimate of drug-likeness (QED) is 0.535. The van der Waals surface area contributed by atoms with Gasteiger partial charge in [0.15, 0.2) is 0 Å². The lowest BCUT2D eigenvalue weighted by molar-refractivity contribution is -0.108. The summed E-state index contributed by atoms with van der Waals surface area (Å²) in [6.07, 6.45) is 1.56. The third kappa shape index (κ3) is 4.78. The monoisotopic (exact) mass is 236 g/mol. The summed E-state index contributed by atoms with van der Waals surface area (Å²) in [5.74, 6) is -0.376. The average Bonchev–Trinajstić information content (AvgIpc) is 2.39. The molecule has 92 valence electrons. The minimum atomic E-state index is -0.376. The lowest BCUT2D eigenvalue weighted by atomic mass is 10.2. The van der Waals surface area contributed by atoms with Gasteiger partial charge < -0.3 is 14.3 Å². The Bertz CT molecular complexity index is 348. The van der Waals surface area contributed by atoms with E-state index in [9.17, 15) is 9.59 Å². The molecule has 0 aromatic heterocycles. The number of ether oxygens (including phenoxy) is 2. The number of benzene rings is 1. The van der Waals surface area contributed by atoms with Crippen LogP contribution in [0.25, 0.3) is 0 Å². The van der Waals surface area contributed by atoms with E-state index in [4.69, 9.17) is 9.47 Å². The maximum atomic E-state index is 11.6. The van der Waals surface area contributed by atoms with Crippen LogP contribution in [0.1, 0.15) is 23.2 Å². The van der Waals surface area contributed by atoms with Crippen LogP contribution in [0.3, 0.4) is 0 Å². The van der Waals surface area contributed by atoms with Crippen molar-refractivity contribution in [2.75, 3.05) is 13.7 Å². The molecule has 0 amide bonds. The van der Waals surface area contributed by atoms with Gasteiger partial charge in [0.2, 0.25) is 0 Å². The third-order valence-corrected chi connectivity index (χ3v) is 2.35. The first-order valence-electron chi connectivity index (χ1n) is 5.46. The van der Waals surface area contributed by atoms with Gasteiger partial charge in [0, 0.05) is 13.5 Å². The van der Waals surface area contributed by atoms with E-state index >= 15 is 0 Å². The highest BCUT2D eigenvalue weighted by molar-refractivity contribution is 5.89. The first-order valence-corrected chi connectivity index (χ1v) is 5.46. The summed E-state index contributed by atoms with van der Waals surface area (Å²) in [5.41, 5.74) is 0.512. The minimum Gasteiger partial charge on any atom is -0.459 e. The molecule has 1 atom stereocenters. The summed E-state index contributed by atoms with van der Waals surface area (Å²) in [6, 6.07) is 8.76. The maximum absolute atomic E-state index is 11.6. The molecule has 1 rings (SSSR count). The van der Waals surface area contributed by atoms with Gasteiger partial charge in [-0.2, -0.15) is 0 Å². The highest BCUT2D eigenvalue weighted by Crippen LogP contribution is 2.05. The predicted octanol–water partition coefficient (Wildman–Crippen LogP) is 1.84. The number of aldehydes is 1. The topological polar surface area (TPSA) is 52.6 Å². The zero-order chi connectivity index (χ0) is 12.5. The second-order valence-electron chi connectivity index (χ2n) is 3.57. The van der Waals surface area contributed by atoms with Crippen molar-refractivity contribution in [2.45, 2.75) is 18.9 Å².